The predicted octanol–water partition coefficient (Wildman–Crippen LogP) is 3.00. The van der Waals surface area contributed by atoms with Crippen LogP contribution in [-0.2, 0) is 4.74 Å². The summed E-state index contributed by atoms with van der Waals surface area (Å²) >= 11 is 0. The first-order chi connectivity index (χ1) is 8.91. The lowest BCUT2D eigenvalue weighted by atomic mass is 9.65. The molecule has 0 atom stereocenters. The molecule has 0 saturated carbocycles. The molecule has 2 nitrogen and oxygen atoms in total. The molecule has 1 aliphatic rings. The van der Waals surface area contributed by atoms with Gasteiger partial charge in [-0.1, -0.05) is 51.2 Å². The zero-order chi connectivity index (χ0) is 14.3. The maximum absolute atomic E-state index is 5.28. The fourth-order valence-electron chi connectivity index (χ4n) is 1.46. The Morgan fingerprint density at radius 3 is 2.00 bits per heavy atom. The lowest BCUT2D eigenvalue weighted by Crippen LogP contribution is -2.36. The van der Waals surface area contributed by atoms with Crippen LogP contribution in [0.4, 0.5) is 5.69 Å². The Kier molecular flexibility index (Phi) is 6.43. The van der Waals surface area contributed by atoms with Gasteiger partial charge in [-0.2, -0.15) is 0 Å². The van der Waals surface area contributed by atoms with E-state index in [0.717, 1.165) is 32.2 Å². The third-order valence-corrected chi connectivity index (χ3v) is 3.86. The minimum absolute atomic E-state index is 0.500. The summed E-state index contributed by atoms with van der Waals surface area (Å²) in [7, 11) is 2.26. The Hall–Kier alpha value is -0.955. The molecule has 1 aliphatic heterocycles. The highest BCUT2D eigenvalue weighted by molar-refractivity contribution is 6.14. The predicted molar refractivity (Wildman–Crippen MR) is 86.9 cm³/mol. The van der Waals surface area contributed by atoms with Gasteiger partial charge in [-0.3, -0.25) is 0 Å². The van der Waals surface area contributed by atoms with E-state index in [1.165, 1.54) is 5.69 Å². The van der Waals surface area contributed by atoms with Gasteiger partial charge in [-0.25, -0.2) is 0 Å². The van der Waals surface area contributed by atoms with E-state index in [-0.39, 0.29) is 0 Å². The molecule has 19 heavy (non-hydrogen) atoms. The molecular weight excluding hydrogens is 233 g/mol. The Bertz CT molecular complexity index is 340. The number of para-hydroxylation sites is 1. The molecule has 3 heteroatoms. The van der Waals surface area contributed by atoms with Crippen molar-refractivity contribution in [3.05, 3.63) is 30.3 Å². The number of nitrogens with zero attached hydrogens (tertiary/aromatic N) is 1. The van der Waals surface area contributed by atoms with Gasteiger partial charge in [0.15, 0.2) is 0 Å². The van der Waals surface area contributed by atoms with Crippen LogP contribution < -0.4 is 4.90 Å². The molecule has 0 amide bonds. The first-order valence-corrected chi connectivity index (χ1v) is 7.29. The van der Waals surface area contributed by atoms with E-state index in [9.17, 15) is 0 Å². The quantitative estimate of drug-likeness (QED) is 0.759. The highest BCUT2D eigenvalue weighted by atomic mass is 16.5. The smallest absolute Gasteiger partial charge is 0.109 e. The monoisotopic (exact) mass is 261 g/mol. The average Bonchev–Trinajstić information content (AvgIpc) is 2.40. The Labute approximate surface area is 119 Å². The summed E-state index contributed by atoms with van der Waals surface area (Å²) in [5, 5.41) is 0.500. The van der Waals surface area contributed by atoms with Gasteiger partial charge in [0.2, 0.25) is 0 Å². The van der Waals surface area contributed by atoms with Gasteiger partial charge in [0.1, 0.15) is 7.85 Å². The van der Waals surface area contributed by atoms with Crippen molar-refractivity contribution in [3.63, 3.8) is 0 Å². The van der Waals surface area contributed by atoms with Crippen molar-refractivity contribution in [1.82, 2.24) is 0 Å². The maximum Gasteiger partial charge on any atom is 0.109 e. The van der Waals surface area contributed by atoms with Gasteiger partial charge in [-0.05, 0) is 18.1 Å². The Balaban J connectivity index is 0.000000224. The standard InChI is InChI=1S/C10H13NO.C6H15B/c1-2-4-10(5-3-1)11-6-8-12-9-7-11;1-5(2)6(3,4)7/h1-5H,6-9H2;5H,7H2,1-4H3. The van der Waals surface area contributed by atoms with Crippen molar-refractivity contribution in [2.45, 2.75) is 33.0 Å². The van der Waals surface area contributed by atoms with Gasteiger partial charge in [0.05, 0.1) is 13.2 Å². The number of anilines is 1. The van der Waals surface area contributed by atoms with Crippen molar-refractivity contribution in [2.75, 3.05) is 31.2 Å². The molecule has 1 aromatic rings. The second-order valence-corrected chi connectivity index (χ2v) is 6.46. The van der Waals surface area contributed by atoms with Crippen molar-refractivity contribution in [3.8, 4) is 0 Å². The maximum atomic E-state index is 5.28. The molecule has 0 aliphatic carbocycles. The van der Waals surface area contributed by atoms with Gasteiger partial charge in [0, 0.05) is 18.8 Å². The largest absolute Gasteiger partial charge is 0.378 e. The number of hydrogen-bond acceptors (Lipinski definition) is 2. The molecule has 0 unspecified atom stereocenters. The summed E-state index contributed by atoms with van der Waals surface area (Å²) < 4.78 is 5.28. The van der Waals surface area contributed by atoms with E-state index in [1.807, 2.05) is 6.07 Å². The van der Waals surface area contributed by atoms with Crippen LogP contribution in [0, 0.1) is 5.92 Å². The minimum atomic E-state index is 0.500. The molecule has 2 rings (SSSR count). The topological polar surface area (TPSA) is 12.5 Å². The van der Waals surface area contributed by atoms with Crippen LogP contribution >= 0.6 is 0 Å². The number of rotatable bonds is 2. The Morgan fingerprint density at radius 2 is 1.58 bits per heavy atom. The highest BCUT2D eigenvalue weighted by Gasteiger charge is 2.14. The van der Waals surface area contributed by atoms with Crippen molar-refractivity contribution < 1.29 is 4.74 Å². The van der Waals surface area contributed by atoms with Crippen LogP contribution in [0.5, 0.6) is 0 Å². The summed E-state index contributed by atoms with van der Waals surface area (Å²) in [6.07, 6.45) is 0. The van der Waals surface area contributed by atoms with Crippen LogP contribution in [0.25, 0.3) is 0 Å². The highest BCUT2D eigenvalue weighted by Crippen LogP contribution is 2.28. The summed E-state index contributed by atoms with van der Waals surface area (Å²) in [5.74, 6) is 0.799. The van der Waals surface area contributed by atoms with Gasteiger partial charge >= 0.3 is 0 Å². The van der Waals surface area contributed by atoms with E-state index >= 15 is 0 Å². The van der Waals surface area contributed by atoms with Crippen LogP contribution in [0.2, 0.25) is 5.31 Å². The molecule has 1 heterocycles. The summed E-state index contributed by atoms with van der Waals surface area (Å²) in [5.41, 5.74) is 1.31. The van der Waals surface area contributed by atoms with E-state index in [2.05, 4.69) is 64.7 Å². The van der Waals surface area contributed by atoms with Gasteiger partial charge in [-0.15, -0.1) is 0 Å². The average molecular weight is 261 g/mol. The Morgan fingerprint density at radius 1 is 1.11 bits per heavy atom. The van der Waals surface area contributed by atoms with Crippen LogP contribution in [0.15, 0.2) is 30.3 Å². The second-order valence-electron chi connectivity index (χ2n) is 6.46. The van der Waals surface area contributed by atoms with Crippen molar-refractivity contribution >= 4 is 13.5 Å². The molecule has 0 aromatic heterocycles. The third-order valence-electron chi connectivity index (χ3n) is 3.86. The van der Waals surface area contributed by atoms with Gasteiger partial charge in [0.25, 0.3) is 0 Å². The molecule has 1 fully saturated rings. The molecule has 1 aromatic carbocycles. The van der Waals surface area contributed by atoms with E-state index in [0.29, 0.717) is 5.31 Å². The first-order valence-electron chi connectivity index (χ1n) is 7.29. The lowest BCUT2D eigenvalue weighted by Gasteiger charge is -2.28. The molecule has 0 N–H and O–H groups in total. The lowest BCUT2D eigenvalue weighted by molar-refractivity contribution is 0.122. The third kappa shape index (κ3) is 6.15. The molecule has 1 saturated heterocycles. The second kappa shape index (κ2) is 7.59. The summed E-state index contributed by atoms with van der Waals surface area (Å²) in [6, 6.07) is 10.5. The molecular formula is C16H28BNO. The normalized spacial score (nSPS) is 15.9. The number of hydrogen-bond donors (Lipinski definition) is 0. The number of ether oxygens (including phenoxy) is 1. The summed E-state index contributed by atoms with van der Waals surface area (Å²) in [6.45, 7) is 12.8. The van der Waals surface area contributed by atoms with Crippen LogP contribution in [0.3, 0.4) is 0 Å². The number of morpholine rings is 1. The summed E-state index contributed by atoms with van der Waals surface area (Å²) in [4.78, 5) is 2.35. The van der Waals surface area contributed by atoms with E-state index in [4.69, 9.17) is 4.74 Å². The molecule has 0 spiro atoms. The first kappa shape index (κ1) is 16.1. The van der Waals surface area contributed by atoms with Crippen LogP contribution in [0.1, 0.15) is 27.7 Å². The number of benzene rings is 1. The van der Waals surface area contributed by atoms with Crippen LogP contribution in [-0.4, -0.2) is 34.1 Å². The molecule has 0 bridgehead atoms. The van der Waals surface area contributed by atoms with Gasteiger partial charge < -0.3 is 9.64 Å². The SMILES string of the molecule is BC(C)(C)C(C)C.c1ccc(N2CCOCC2)cc1. The van der Waals surface area contributed by atoms with E-state index < -0.39 is 0 Å². The van der Waals surface area contributed by atoms with E-state index in [1.54, 1.807) is 0 Å². The molecule has 106 valence electrons. The molecule has 0 radical (unpaired) electrons. The fourth-order valence-corrected chi connectivity index (χ4v) is 1.46. The zero-order valence-corrected chi connectivity index (χ0v) is 13.1. The zero-order valence-electron chi connectivity index (χ0n) is 13.1. The fraction of sp³-hybridized carbons (Fsp3) is 0.625. The van der Waals surface area contributed by atoms with Crippen molar-refractivity contribution in [2.24, 2.45) is 5.92 Å². The van der Waals surface area contributed by atoms with Crippen molar-refractivity contribution in [1.29, 1.82) is 0 Å². The minimum Gasteiger partial charge on any atom is -0.378 e.